The fourth-order valence-corrected chi connectivity index (χ4v) is 5.87. The van der Waals surface area contributed by atoms with Gasteiger partial charge in [-0.25, -0.2) is 8.42 Å². The minimum absolute atomic E-state index is 0.0581. The summed E-state index contributed by atoms with van der Waals surface area (Å²) in [7, 11) is -2.98. The summed E-state index contributed by atoms with van der Waals surface area (Å²) in [4.78, 5) is 19.1. The van der Waals surface area contributed by atoms with Crippen LogP contribution in [0.1, 0.15) is 38.2 Å². The number of amides is 1. The molecule has 2 N–H and O–H groups in total. The maximum atomic E-state index is 12.1. The van der Waals surface area contributed by atoms with E-state index in [9.17, 15) is 13.2 Å². The summed E-state index contributed by atoms with van der Waals surface area (Å²) < 4.78 is 23.0. The van der Waals surface area contributed by atoms with Crippen molar-refractivity contribution in [3.05, 3.63) is 35.9 Å². The highest BCUT2D eigenvalue weighted by Crippen LogP contribution is 2.21. The van der Waals surface area contributed by atoms with E-state index >= 15 is 0 Å². The monoisotopic (exact) mass is 434 g/mol. The van der Waals surface area contributed by atoms with Gasteiger partial charge in [0.25, 0.3) is 0 Å². The standard InChI is InChI=1S/C22H34N4O3S/c1-2-23-22(24-12-8-21(27)25-20-11-15-30(28,29)17-20)26-13-9-19(10-14-26)16-18-6-4-3-5-7-18/h3-7,19-20H,2,8-17H2,1H3,(H,23,24)(H,25,27). The molecule has 3 rings (SSSR count). The van der Waals surface area contributed by atoms with Crippen LogP contribution in [0, 0.1) is 5.92 Å². The van der Waals surface area contributed by atoms with Gasteiger partial charge in [0.05, 0.1) is 18.1 Å². The number of likely N-dealkylation sites (tertiary alicyclic amines) is 1. The van der Waals surface area contributed by atoms with Crippen LogP contribution in [0.15, 0.2) is 35.3 Å². The van der Waals surface area contributed by atoms with Crippen LogP contribution in [-0.2, 0) is 21.1 Å². The molecule has 7 nitrogen and oxygen atoms in total. The van der Waals surface area contributed by atoms with E-state index in [4.69, 9.17) is 0 Å². The summed E-state index contributed by atoms with van der Waals surface area (Å²) in [5.74, 6) is 1.66. The average molecular weight is 435 g/mol. The predicted octanol–water partition coefficient (Wildman–Crippen LogP) is 1.60. The molecule has 0 saturated carbocycles. The van der Waals surface area contributed by atoms with E-state index in [2.05, 4.69) is 50.9 Å². The molecule has 1 aromatic carbocycles. The number of carbonyl (C=O) groups excluding carboxylic acids is 1. The molecule has 2 aliphatic rings. The third-order valence-electron chi connectivity index (χ3n) is 5.81. The first-order chi connectivity index (χ1) is 14.4. The number of carbonyl (C=O) groups is 1. The van der Waals surface area contributed by atoms with E-state index in [0.717, 1.165) is 44.9 Å². The van der Waals surface area contributed by atoms with Gasteiger partial charge in [0, 0.05) is 32.1 Å². The number of piperidine rings is 1. The van der Waals surface area contributed by atoms with Crippen molar-refractivity contribution in [1.29, 1.82) is 0 Å². The molecule has 0 aromatic heterocycles. The fourth-order valence-electron chi connectivity index (χ4n) is 4.19. The normalized spacial score (nSPS) is 22.1. The minimum Gasteiger partial charge on any atom is -0.357 e. The molecule has 2 saturated heterocycles. The van der Waals surface area contributed by atoms with Gasteiger partial charge in [-0.2, -0.15) is 0 Å². The zero-order valence-electron chi connectivity index (χ0n) is 17.8. The van der Waals surface area contributed by atoms with E-state index in [0.29, 0.717) is 18.9 Å². The third kappa shape index (κ3) is 7.00. The van der Waals surface area contributed by atoms with Crippen molar-refractivity contribution in [2.24, 2.45) is 10.9 Å². The molecule has 0 radical (unpaired) electrons. The van der Waals surface area contributed by atoms with Crippen LogP contribution >= 0.6 is 0 Å². The van der Waals surface area contributed by atoms with Crippen LogP contribution in [0.4, 0.5) is 0 Å². The second kappa shape index (κ2) is 10.8. The Hall–Kier alpha value is -2.09. The van der Waals surface area contributed by atoms with Crippen molar-refractivity contribution < 1.29 is 13.2 Å². The molecule has 0 spiro atoms. The quantitative estimate of drug-likeness (QED) is 0.503. The Balaban J connectivity index is 1.43. The number of benzene rings is 1. The van der Waals surface area contributed by atoms with Gasteiger partial charge in [-0.1, -0.05) is 30.3 Å². The summed E-state index contributed by atoms with van der Waals surface area (Å²) in [6.45, 7) is 5.17. The van der Waals surface area contributed by atoms with Crippen molar-refractivity contribution in [3.63, 3.8) is 0 Å². The Morgan fingerprint density at radius 3 is 2.53 bits per heavy atom. The Kier molecular flexibility index (Phi) is 8.13. The highest BCUT2D eigenvalue weighted by atomic mass is 32.2. The summed E-state index contributed by atoms with van der Waals surface area (Å²) in [6.07, 6.45) is 4.18. The number of sulfone groups is 1. The van der Waals surface area contributed by atoms with E-state index < -0.39 is 9.84 Å². The molecular weight excluding hydrogens is 400 g/mol. The van der Waals surface area contributed by atoms with Gasteiger partial charge in [0.15, 0.2) is 15.8 Å². The highest BCUT2D eigenvalue weighted by molar-refractivity contribution is 7.91. The van der Waals surface area contributed by atoms with Gasteiger partial charge in [-0.15, -0.1) is 0 Å². The van der Waals surface area contributed by atoms with Crippen molar-refractivity contribution in [2.75, 3.05) is 37.7 Å². The van der Waals surface area contributed by atoms with Crippen LogP contribution in [0.3, 0.4) is 0 Å². The maximum Gasteiger partial charge on any atom is 0.222 e. The summed E-state index contributed by atoms with van der Waals surface area (Å²) in [5, 5.41) is 6.17. The topological polar surface area (TPSA) is 90.9 Å². The molecule has 2 aliphatic heterocycles. The third-order valence-corrected chi connectivity index (χ3v) is 7.58. The van der Waals surface area contributed by atoms with Crippen molar-refractivity contribution in [1.82, 2.24) is 15.5 Å². The smallest absolute Gasteiger partial charge is 0.222 e. The molecule has 0 aliphatic carbocycles. The zero-order valence-corrected chi connectivity index (χ0v) is 18.7. The molecule has 1 unspecified atom stereocenters. The first-order valence-corrected chi connectivity index (χ1v) is 12.8. The average Bonchev–Trinajstić information content (AvgIpc) is 3.07. The number of aliphatic imine (C=N–C) groups is 1. The van der Waals surface area contributed by atoms with Gasteiger partial charge in [0.1, 0.15) is 0 Å². The van der Waals surface area contributed by atoms with E-state index in [1.165, 1.54) is 5.56 Å². The predicted molar refractivity (Wildman–Crippen MR) is 120 cm³/mol. The van der Waals surface area contributed by atoms with E-state index in [1.807, 2.05) is 6.92 Å². The molecule has 30 heavy (non-hydrogen) atoms. The Morgan fingerprint density at radius 1 is 1.17 bits per heavy atom. The number of hydrogen-bond donors (Lipinski definition) is 2. The maximum absolute atomic E-state index is 12.1. The molecule has 1 atom stereocenters. The molecule has 166 valence electrons. The first-order valence-electron chi connectivity index (χ1n) is 11.0. The summed E-state index contributed by atoms with van der Waals surface area (Å²) >= 11 is 0. The van der Waals surface area contributed by atoms with Crippen LogP contribution in [-0.4, -0.2) is 68.9 Å². The summed E-state index contributed by atoms with van der Waals surface area (Å²) in [6, 6.07) is 10.4. The lowest BCUT2D eigenvalue weighted by molar-refractivity contribution is -0.121. The lowest BCUT2D eigenvalue weighted by atomic mass is 9.90. The second-order valence-electron chi connectivity index (χ2n) is 8.27. The SMILES string of the molecule is CCNC(=NCCC(=O)NC1CCS(=O)(=O)C1)N1CCC(Cc2ccccc2)CC1. The second-order valence-corrected chi connectivity index (χ2v) is 10.5. The van der Waals surface area contributed by atoms with Crippen LogP contribution in [0.5, 0.6) is 0 Å². The summed E-state index contributed by atoms with van der Waals surface area (Å²) in [5.41, 5.74) is 1.40. The Labute approximate surface area is 180 Å². The van der Waals surface area contributed by atoms with Gasteiger partial charge in [0.2, 0.25) is 5.91 Å². The minimum atomic E-state index is -2.98. The molecule has 2 heterocycles. The lowest BCUT2D eigenvalue weighted by Crippen LogP contribution is -2.46. The Bertz CT molecular complexity index is 818. The molecular formula is C22H34N4O3S. The van der Waals surface area contributed by atoms with Crippen LogP contribution in [0.25, 0.3) is 0 Å². The van der Waals surface area contributed by atoms with Crippen LogP contribution < -0.4 is 10.6 Å². The zero-order chi connectivity index (χ0) is 21.4. The molecule has 1 amide bonds. The fraction of sp³-hybridized carbons (Fsp3) is 0.636. The van der Waals surface area contributed by atoms with Gasteiger partial charge < -0.3 is 15.5 Å². The lowest BCUT2D eigenvalue weighted by Gasteiger charge is -2.34. The van der Waals surface area contributed by atoms with Gasteiger partial charge >= 0.3 is 0 Å². The number of nitrogens with one attached hydrogen (secondary N) is 2. The number of nitrogens with zero attached hydrogens (tertiary/aromatic N) is 2. The molecule has 1 aromatic rings. The van der Waals surface area contributed by atoms with Crippen molar-refractivity contribution >= 4 is 21.7 Å². The molecule has 2 fully saturated rings. The number of guanidine groups is 1. The van der Waals surface area contributed by atoms with E-state index in [-0.39, 0.29) is 29.9 Å². The number of hydrogen-bond acceptors (Lipinski definition) is 4. The van der Waals surface area contributed by atoms with Gasteiger partial charge in [-0.05, 0) is 44.1 Å². The Morgan fingerprint density at radius 2 is 1.90 bits per heavy atom. The molecule has 0 bridgehead atoms. The molecule has 8 heteroatoms. The largest absolute Gasteiger partial charge is 0.357 e. The number of rotatable bonds is 7. The van der Waals surface area contributed by atoms with Gasteiger partial charge in [-0.3, -0.25) is 9.79 Å². The van der Waals surface area contributed by atoms with Crippen LogP contribution in [0.2, 0.25) is 0 Å². The van der Waals surface area contributed by atoms with Crippen molar-refractivity contribution in [2.45, 2.75) is 45.1 Å². The van der Waals surface area contributed by atoms with Crippen molar-refractivity contribution in [3.8, 4) is 0 Å². The highest BCUT2D eigenvalue weighted by Gasteiger charge is 2.28. The first kappa shape index (κ1) is 22.6. The van der Waals surface area contributed by atoms with E-state index in [1.54, 1.807) is 0 Å².